The molecule has 164 valence electrons. The Labute approximate surface area is 188 Å². The molecule has 2 aliphatic heterocycles. The van der Waals surface area contributed by atoms with Crippen molar-refractivity contribution in [3.05, 3.63) is 41.2 Å². The van der Waals surface area contributed by atoms with Crippen LogP contribution < -0.4 is 5.32 Å². The zero-order chi connectivity index (χ0) is 21.5. The molecule has 4 rings (SSSR count). The molecule has 1 N–H and O–H groups in total. The molecule has 0 aromatic carbocycles. The van der Waals surface area contributed by atoms with Crippen molar-refractivity contribution in [1.82, 2.24) is 9.97 Å². The van der Waals surface area contributed by atoms with Crippen LogP contribution in [0.4, 0.5) is 5.82 Å². The number of aromatic nitrogens is 2. The van der Waals surface area contributed by atoms with E-state index in [0.29, 0.717) is 30.7 Å². The van der Waals surface area contributed by atoms with Crippen molar-refractivity contribution >= 4 is 17.4 Å². The van der Waals surface area contributed by atoms with Gasteiger partial charge in [0, 0.05) is 50.4 Å². The van der Waals surface area contributed by atoms with E-state index in [9.17, 15) is 5.26 Å². The number of nitriles is 1. The molecule has 31 heavy (non-hydrogen) atoms. The van der Waals surface area contributed by atoms with Crippen molar-refractivity contribution in [2.45, 2.75) is 38.5 Å². The fourth-order valence-corrected chi connectivity index (χ4v) is 4.44. The van der Waals surface area contributed by atoms with Crippen molar-refractivity contribution in [3.8, 4) is 17.3 Å². The summed E-state index contributed by atoms with van der Waals surface area (Å²) in [6, 6.07) is 10.4. The second-order valence-electron chi connectivity index (χ2n) is 8.52. The average Bonchev–Trinajstić information content (AvgIpc) is 2.84. The minimum atomic E-state index is -0.401. The second-order valence-corrected chi connectivity index (χ2v) is 8.92. The van der Waals surface area contributed by atoms with Gasteiger partial charge in [-0.3, -0.25) is 4.98 Å². The standard InChI is InChI=1S/C24H29ClN4O2/c25-21-15-27-19(5-4-18-6-10-30-11-7-18)14-20(21)22-2-1-3-23(29-22)28-17-24(16-26)8-12-31-13-9-24/h1-3,14-15,18H,4-13,17H2,(H,28,29). The summed E-state index contributed by atoms with van der Waals surface area (Å²) in [5, 5.41) is 13.6. The van der Waals surface area contributed by atoms with Crippen LogP contribution in [0.5, 0.6) is 0 Å². The minimum absolute atomic E-state index is 0.401. The van der Waals surface area contributed by atoms with E-state index in [0.717, 1.165) is 74.5 Å². The lowest BCUT2D eigenvalue weighted by molar-refractivity contribution is 0.0455. The van der Waals surface area contributed by atoms with E-state index >= 15 is 0 Å². The molecule has 2 fully saturated rings. The van der Waals surface area contributed by atoms with Gasteiger partial charge in [0.2, 0.25) is 0 Å². The molecule has 2 aromatic heterocycles. The summed E-state index contributed by atoms with van der Waals surface area (Å²) >= 11 is 6.48. The molecule has 0 unspecified atom stereocenters. The van der Waals surface area contributed by atoms with Gasteiger partial charge in [-0.1, -0.05) is 17.7 Å². The summed E-state index contributed by atoms with van der Waals surface area (Å²) in [5.41, 5.74) is 2.34. The third-order valence-corrected chi connectivity index (χ3v) is 6.68. The van der Waals surface area contributed by atoms with E-state index in [2.05, 4.69) is 22.4 Å². The molecule has 0 amide bonds. The topological polar surface area (TPSA) is 80.1 Å². The van der Waals surface area contributed by atoms with Crippen molar-refractivity contribution in [2.75, 3.05) is 38.3 Å². The van der Waals surface area contributed by atoms with E-state index in [1.165, 1.54) is 0 Å². The van der Waals surface area contributed by atoms with Crippen LogP contribution in [-0.4, -0.2) is 42.9 Å². The Hall–Kier alpha value is -2.20. The Kier molecular flexibility index (Phi) is 7.39. The Morgan fingerprint density at radius 3 is 2.71 bits per heavy atom. The van der Waals surface area contributed by atoms with Gasteiger partial charge in [0.05, 0.1) is 22.2 Å². The van der Waals surface area contributed by atoms with Crippen molar-refractivity contribution in [3.63, 3.8) is 0 Å². The molecule has 0 spiro atoms. The van der Waals surface area contributed by atoms with Gasteiger partial charge in [-0.15, -0.1) is 0 Å². The Morgan fingerprint density at radius 2 is 1.94 bits per heavy atom. The summed E-state index contributed by atoms with van der Waals surface area (Å²) in [7, 11) is 0. The van der Waals surface area contributed by atoms with Gasteiger partial charge >= 0.3 is 0 Å². The zero-order valence-corrected chi connectivity index (χ0v) is 18.5. The second kappa shape index (κ2) is 10.4. The van der Waals surface area contributed by atoms with Gasteiger partial charge in [-0.2, -0.15) is 5.26 Å². The molecule has 7 heteroatoms. The van der Waals surface area contributed by atoms with Gasteiger partial charge in [0.15, 0.2) is 0 Å². The summed E-state index contributed by atoms with van der Waals surface area (Å²) in [6.07, 6.45) is 7.51. The predicted molar refractivity (Wildman–Crippen MR) is 121 cm³/mol. The van der Waals surface area contributed by atoms with Crippen LogP contribution in [-0.2, 0) is 15.9 Å². The summed E-state index contributed by atoms with van der Waals surface area (Å²) in [6.45, 7) is 3.56. The smallest absolute Gasteiger partial charge is 0.126 e. The van der Waals surface area contributed by atoms with E-state index in [4.69, 9.17) is 26.1 Å². The Balaban J connectivity index is 1.44. The molecule has 0 radical (unpaired) electrons. The van der Waals surface area contributed by atoms with E-state index < -0.39 is 5.41 Å². The third-order valence-electron chi connectivity index (χ3n) is 6.38. The molecule has 2 saturated heterocycles. The van der Waals surface area contributed by atoms with E-state index in [-0.39, 0.29) is 0 Å². The molecule has 0 atom stereocenters. The lowest BCUT2D eigenvalue weighted by atomic mass is 9.82. The highest BCUT2D eigenvalue weighted by Crippen LogP contribution is 2.31. The maximum atomic E-state index is 9.67. The number of aryl methyl sites for hydroxylation is 1. The maximum Gasteiger partial charge on any atom is 0.126 e. The number of halogens is 1. The Bertz CT molecular complexity index is 918. The highest BCUT2D eigenvalue weighted by atomic mass is 35.5. The number of hydrogen-bond acceptors (Lipinski definition) is 6. The summed E-state index contributed by atoms with van der Waals surface area (Å²) in [4.78, 5) is 9.30. The highest BCUT2D eigenvalue weighted by molar-refractivity contribution is 6.33. The minimum Gasteiger partial charge on any atom is -0.381 e. The average molecular weight is 441 g/mol. The third kappa shape index (κ3) is 5.74. The van der Waals surface area contributed by atoms with Crippen LogP contribution in [0.2, 0.25) is 5.02 Å². The molecule has 6 nitrogen and oxygen atoms in total. The van der Waals surface area contributed by atoms with E-state index in [1.807, 2.05) is 18.2 Å². The van der Waals surface area contributed by atoms with Gasteiger partial charge in [0.25, 0.3) is 0 Å². The Morgan fingerprint density at radius 1 is 1.16 bits per heavy atom. The molecule has 2 aromatic rings. The molecular formula is C24H29ClN4O2. The van der Waals surface area contributed by atoms with Crippen molar-refractivity contribution < 1.29 is 9.47 Å². The lowest BCUT2D eigenvalue weighted by Gasteiger charge is -2.30. The quantitative estimate of drug-likeness (QED) is 0.660. The first kappa shape index (κ1) is 22.0. The SMILES string of the molecule is N#CC1(CNc2cccc(-c3cc(CCC4CCOCC4)ncc3Cl)n2)CCOCC1. The normalized spacial score (nSPS) is 19.0. The van der Waals surface area contributed by atoms with E-state index in [1.54, 1.807) is 6.20 Å². The number of nitrogens with one attached hydrogen (secondary N) is 1. The number of rotatable bonds is 7. The largest absolute Gasteiger partial charge is 0.381 e. The van der Waals surface area contributed by atoms with Crippen LogP contribution in [0.25, 0.3) is 11.3 Å². The summed E-state index contributed by atoms with van der Waals surface area (Å²) in [5.74, 6) is 1.45. The maximum absolute atomic E-state index is 9.67. The van der Waals surface area contributed by atoms with Gasteiger partial charge in [-0.25, -0.2) is 4.98 Å². The predicted octanol–water partition coefficient (Wildman–Crippen LogP) is 4.89. The molecule has 0 saturated carbocycles. The highest BCUT2D eigenvalue weighted by Gasteiger charge is 2.32. The van der Waals surface area contributed by atoms with Crippen LogP contribution in [0.1, 0.15) is 37.8 Å². The zero-order valence-electron chi connectivity index (χ0n) is 17.8. The number of pyridine rings is 2. The van der Waals surface area contributed by atoms with Gasteiger partial charge in [0.1, 0.15) is 5.82 Å². The first-order chi connectivity index (χ1) is 15.2. The molecule has 0 aliphatic carbocycles. The molecular weight excluding hydrogens is 412 g/mol. The molecule has 0 bridgehead atoms. The first-order valence-corrected chi connectivity index (χ1v) is 11.5. The number of hydrogen-bond donors (Lipinski definition) is 1. The first-order valence-electron chi connectivity index (χ1n) is 11.1. The molecule has 4 heterocycles. The molecule has 2 aliphatic rings. The monoisotopic (exact) mass is 440 g/mol. The van der Waals surface area contributed by atoms with Crippen LogP contribution in [0, 0.1) is 22.7 Å². The van der Waals surface area contributed by atoms with Crippen LogP contribution in [0.15, 0.2) is 30.5 Å². The summed E-state index contributed by atoms with van der Waals surface area (Å²) < 4.78 is 10.9. The number of nitrogens with zero attached hydrogens (tertiary/aromatic N) is 3. The fraction of sp³-hybridized carbons (Fsp3) is 0.542. The fourth-order valence-electron chi connectivity index (χ4n) is 4.24. The van der Waals surface area contributed by atoms with Crippen molar-refractivity contribution in [2.24, 2.45) is 11.3 Å². The number of anilines is 1. The van der Waals surface area contributed by atoms with Crippen molar-refractivity contribution in [1.29, 1.82) is 5.26 Å². The van der Waals surface area contributed by atoms with Gasteiger partial charge < -0.3 is 14.8 Å². The number of ether oxygens (including phenoxy) is 2. The van der Waals surface area contributed by atoms with Crippen LogP contribution in [0.3, 0.4) is 0 Å². The lowest BCUT2D eigenvalue weighted by Crippen LogP contribution is -2.34. The van der Waals surface area contributed by atoms with Gasteiger partial charge in [-0.05, 0) is 62.6 Å². The van der Waals surface area contributed by atoms with Crippen LogP contribution >= 0.6 is 11.6 Å².